The molecular formula is C8H8O. The van der Waals surface area contributed by atoms with E-state index in [2.05, 4.69) is 6.08 Å². The van der Waals surface area contributed by atoms with Gasteiger partial charge in [-0.05, 0) is 30.5 Å². The molecule has 0 aromatic carbocycles. The van der Waals surface area contributed by atoms with E-state index in [0.29, 0.717) is 0 Å². The first kappa shape index (κ1) is 4.86. The minimum Gasteiger partial charge on any atom is -0.465 e. The van der Waals surface area contributed by atoms with E-state index in [9.17, 15) is 0 Å². The van der Waals surface area contributed by atoms with Crippen molar-refractivity contribution in [2.45, 2.75) is 12.8 Å². The van der Waals surface area contributed by atoms with Gasteiger partial charge in [0, 0.05) is 0 Å². The predicted molar refractivity (Wildman–Crippen MR) is 36.1 cm³/mol. The first-order chi connectivity index (χ1) is 4.47. The lowest BCUT2D eigenvalue weighted by atomic mass is 10.1. The molecule has 0 spiro atoms. The van der Waals surface area contributed by atoms with Crippen LogP contribution < -0.4 is 0 Å². The van der Waals surface area contributed by atoms with Gasteiger partial charge in [-0.25, -0.2) is 0 Å². The summed E-state index contributed by atoms with van der Waals surface area (Å²) >= 11 is 0. The zero-order chi connectivity index (χ0) is 6.10. The summed E-state index contributed by atoms with van der Waals surface area (Å²) in [6.07, 6.45) is 8.24. The third-order valence-electron chi connectivity index (χ3n) is 1.63. The van der Waals surface area contributed by atoms with Gasteiger partial charge < -0.3 is 4.42 Å². The van der Waals surface area contributed by atoms with Crippen molar-refractivity contribution in [3.63, 3.8) is 0 Å². The molecule has 1 heteroatoms. The lowest BCUT2D eigenvalue weighted by Crippen LogP contribution is -1.87. The minimum absolute atomic E-state index is 1.04. The fourth-order valence-electron chi connectivity index (χ4n) is 1.13. The van der Waals surface area contributed by atoms with Gasteiger partial charge in [0.05, 0.1) is 6.26 Å². The Kier molecular flexibility index (Phi) is 0.950. The van der Waals surface area contributed by atoms with Gasteiger partial charge in [0.2, 0.25) is 0 Å². The van der Waals surface area contributed by atoms with Gasteiger partial charge in [0.25, 0.3) is 0 Å². The molecular weight excluding hydrogens is 112 g/mol. The number of fused-ring (bicyclic) bond motifs is 1. The lowest BCUT2D eigenvalue weighted by Gasteiger charge is -1.99. The molecule has 1 nitrogen and oxygen atoms in total. The summed E-state index contributed by atoms with van der Waals surface area (Å²) in [5.74, 6) is 1.04. The number of aryl methyl sites for hydroxylation is 1. The Morgan fingerprint density at radius 1 is 1.44 bits per heavy atom. The molecule has 0 aliphatic heterocycles. The third kappa shape index (κ3) is 0.689. The average molecular weight is 120 g/mol. The molecule has 1 aliphatic carbocycles. The van der Waals surface area contributed by atoms with Crippen molar-refractivity contribution < 1.29 is 4.42 Å². The van der Waals surface area contributed by atoms with E-state index in [1.165, 1.54) is 5.56 Å². The van der Waals surface area contributed by atoms with Crippen molar-refractivity contribution in [2.24, 2.45) is 0 Å². The molecule has 0 saturated carbocycles. The van der Waals surface area contributed by atoms with Gasteiger partial charge in [0.15, 0.2) is 0 Å². The zero-order valence-corrected chi connectivity index (χ0v) is 5.13. The number of hydrogen-bond acceptors (Lipinski definition) is 1. The average Bonchev–Trinajstić information content (AvgIpc) is 2.33. The quantitative estimate of drug-likeness (QED) is 0.511. The fraction of sp³-hybridized carbons (Fsp3) is 0.250. The molecule has 0 N–H and O–H groups in total. The van der Waals surface area contributed by atoms with Crippen molar-refractivity contribution in [1.82, 2.24) is 0 Å². The number of hydrogen-bond donors (Lipinski definition) is 0. The SMILES string of the molecule is C1=Cc2occc2CC1. The Bertz CT molecular complexity index is 232. The lowest BCUT2D eigenvalue weighted by molar-refractivity contribution is 0.551. The summed E-state index contributed by atoms with van der Waals surface area (Å²) < 4.78 is 5.17. The van der Waals surface area contributed by atoms with Crippen LogP contribution in [-0.2, 0) is 6.42 Å². The van der Waals surface area contributed by atoms with Crippen LogP contribution in [0.3, 0.4) is 0 Å². The highest BCUT2D eigenvalue weighted by atomic mass is 16.3. The summed E-state index contributed by atoms with van der Waals surface area (Å²) in [5, 5.41) is 0. The molecule has 0 unspecified atom stereocenters. The van der Waals surface area contributed by atoms with E-state index in [-0.39, 0.29) is 0 Å². The predicted octanol–water partition coefficient (Wildman–Crippen LogP) is 2.24. The van der Waals surface area contributed by atoms with Gasteiger partial charge in [-0.15, -0.1) is 0 Å². The highest BCUT2D eigenvalue weighted by molar-refractivity contribution is 5.49. The molecule has 1 aromatic heterocycles. The van der Waals surface area contributed by atoms with Crippen LogP contribution in [0.25, 0.3) is 6.08 Å². The van der Waals surface area contributed by atoms with Gasteiger partial charge in [-0.2, -0.15) is 0 Å². The standard InChI is InChI=1S/C8H8O/c1-2-4-8-7(3-1)5-6-9-8/h2,4-6H,1,3H2. The number of allylic oxidation sites excluding steroid dienone is 1. The van der Waals surface area contributed by atoms with Crippen LogP contribution in [0.2, 0.25) is 0 Å². The van der Waals surface area contributed by atoms with Crippen LogP contribution in [0.15, 0.2) is 22.8 Å². The molecule has 0 atom stereocenters. The summed E-state index contributed by atoms with van der Waals surface area (Å²) in [6.45, 7) is 0. The molecule has 0 saturated heterocycles. The Balaban J connectivity index is 2.53. The van der Waals surface area contributed by atoms with Crippen LogP contribution in [0.4, 0.5) is 0 Å². The maximum atomic E-state index is 5.17. The summed E-state index contributed by atoms with van der Waals surface area (Å²) in [7, 11) is 0. The first-order valence-corrected chi connectivity index (χ1v) is 3.20. The molecule has 9 heavy (non-hydrogen) atoms. The minimum atomic E-state index is 1.04. The van der Waals surface area contributed by atoms with Gasteiger partial charge in [-0.3, -0.25) is 0 Å². The largest absolute Gasteiger partial charge is 0.465 e. The summed E-state index contributed by atoms with van der Waals surface area (Å²) in [6, 6.07) is 2.04. The normalized spacial score (nSPS) is 15.6. The van der Waals surface area contributed by atoms with Crippen LogP contribution in [0.1, 0.15) is 17.7 Å². The maximum Gasteiger partial charge on any atom is 0.129 e. The topological polar surface area (TPSA) is 13.1 Å². The second kappa shape index (κ2) is 1.76. The van der Waals surface area contributed by atoms with E-state index in [4.69, 9.17) is 4.42 Å². The van der Waals surface area contributed by atoms with E-state index in [1.54, 1.807) is 6.26 Å². The van der Waals surface area contributed by atoms with Crippen molar-refractivity contribution in [3.8, 4) is 0 Å². The van der Waals surface area contributed by atoms with Crippen LogP contribution in [0.5, 0.6) is 0 Å². The van der Waals surface area contributed by atoms with Crippen LogP contribution in [0, 0.1) is 0 Å². The number of furan rings is 1. The van der Waals surface area contributed by atoms with Gasteiger partial charge in [0.1, 0.15) is 5.76 Å². The molecule has 2 rings (SSSR count). The van der Waals surface area contributed by atoms with Crippen molar-refractivity contribution in [3.05, 3.63) is 29.7 Å². The first-order valence-electron chi connectivity index (χ1n) is 3.20. The third-order valence-corrected chi connectivity index (χ3v) is 1.63. The second-order valence-corrected chi connectivity index (χ2v) is 2.25. The molecule has 46 valence electrons. The van der Waals surface area contributed by atoms with E-state index in [0.717, 1.165) is 18.6 Å². The molecule has 0 bridgehead atoms. The van der Waals surface area contributed by atoms with Gasteiger partial charge >= 0.3 is 0 Å². The van der Waals surface area contributed by atoms with E-state index >= 15 is 0 Å². The van der Waals surface area contributed by atoms with E-state index < -0.39 is 0 Å². The molecule has 1 aromatic rings. The van der Waals surface area contributed by atoms with Crippen LogP contribution in [-0.4, -0.2) is 0 Å². The van der Waals surface area contributed by atoms with Crippen molar-refractivity contribution in [2.75, 3.05) is 0 Å². The Morgan fingerprint density at radius 2 is 2.44 bits per heavy atom. The molecule has 1 aliphatic rings. The monoisotopic (exact) mass is 120 g/mol. The molecule has 0 amide bonds. The second-order valence-electron chi connectivity index (χ2n) is 2.25. The molecule has 0 radical (unpaired) electrons. The van der Waals surface area contributed by atoms with Crippen molar-refractivity contribution >= 4 is 6.08 Å². The number of rotatable bonds is 0. The fourth-order valence-corrected chi connectivity index (χ4v) is 1.13. The maximum absolute atomic E-state index is 5.17. The summed E-state index contributed by atoms with van der Waals surface area (Å²) in [5.41, 5.74) is 1.34. The van der Waals surface area contributed by atoms with Crippen molar-refractivity contribution in [1.29, 1.82) is 0 Å². The smallest absolute Gasteiger partial charge is 0.129 e. The highest BCUT2D eigenvalue weighted by Crippen LogP contribution is 2.18. The molecule has 1 heterocycles. The van der Waals surface area contributed by atoms with Crippen LogP contribution >= 0.6 is 0 Å². The van der Waals surface area contributed by atoms with E-state index in [1.807, 2.05) is 12.1 Å². The highest BCUT2D eigenvalue weighted by Gasteiger charge is 2.04. The Hall–Kier alpha value is -0.980. The molecule has 0 fully saturated rings. The van der Waals surface area contributed by atoms with Gasteiger partial charge in [-0.1, -0.05) is 6.08 Å². The zero-order valence-electron chi connectivity index (χ0n) is 5.13. The Morgan fingerprint density at radius 3 is 3.33 bits per heavy atom. The summed E-state index contributed by atoms with van der Waals surface area (Å²) in [4.78, 5) is 0. The Labute approximate surface area is 54.0 Å².